The minimum atomic E-state index is -0.918. The van der Waals surface area contributed by atoms with E-state index in [2.05, 4.69) is 4.90 Å². The molecule has 0 bridgehead atoms. The number of carbonyl (C=O) groups is 3. The average Bonchev–Trinajstić information content (AvgIpc) is 3.12. The smallest absolute Gasteiger partial charge is 0.305 e. The van der Waals surface area contributed by atoms with Crippen molar-refractivity contribution in [2.75, 3.05) is 19.7 Å². The van der Waals surface area contributed by atoms with Gasteiger partial charge < -0.3 is 9.84 Å². The number of rotatable bonds is 12. The van der Waals surface area contributed by atoms with Crippen molar-refractivity contribution in [2.45, 2.75) is 45.2 Å². The fraction of sp³-hybridized carbons (Fsp3) is 0.400. The molecule has 10 heteroatoms. The van der Waals surface area contributed by atoms with E-state index >= 15 is 0 Å². The summed E-state index contributed by atoms with van der Waals surface area (Å²) in [4.78, 5) is 38.4. The zero-order valence-corrected chi connectivity index (χ0v) is 21.6. The largest absolute Gasteiger partial charge is 0.490 e. The van der Waals surface area contributed by atoms with Gasteiger partial charge in [-0.15, -0.1) is 0 Å². The summed E-state index contributed by atoms with van der Waals surface area (Å²) in [6.45, 7) is 3.48. The van der Waals surface area contributed by atoms with Crippen molar-refractivity contribution in [1.29, 1.82) is 0 Å². The Morgan fingerprint density at radius 3 is 2.37 bits per heavy atom. The van der Waals surface area contributed by atoms with Crippen molar-refractivity contribution in [1.82, 2.24) is 9.80 Å². The van der Waals surface area contributed by atoms with Crippen LogP contribution in [0.25, 0.3) is 0 Å². The number of likely N-dealkylation sites (tertiary alicyclic amines) is 1. The molecule has 0 saturated carbocycles. The Kier molecular flexibility index (Phi) is 9.80. The molecule has 3 rings (SSSR count). The number of aliphatic carboxylic acids is 1. The quantitative estimate of drug-likeness (QED) is 0.352. The lowest BCUT2D eigenvalue weighted by atomic mass is 10.0. The summed E-state index contributed by atoms with van der Waals surface area (Å²) >= 11 is 18.7. The molecule has 0 radical (unpaired) electrons. The highest BCUT2D eigenvalue weighted by Crippen LogP contribution is 2.33. The molecule has 2 amide bonds. The van der Waals surface area contributed by atoms with Crippen LogP contribution in [0.1, 0.15) is 49.8 Å². The molecule has 1 N–H and O–H groups in total. The van der Waals surface area contributed by atoms with Crippen molar-refractivity contribution in [3.8, 4) is 5.75 Å². The molecule has 1 heterocycles. The van der Waals surface area contributed by atoms with Gasteiger partial charge in [-0.3, -0.25) is 24.2 Å². The van der Waals surface area contributed by atoms with Gasteiger partial charge in [-0.05, 0) is 48.4 Å². The van der Waals surface area contributed by atoms with Gasteiger partial charge in [-0.25, -0.2) is 0 Å². The summed E-state index contributed by atoms with van der Waals surface area (Å²) in [6, 6.07) is 10.1. The number of benzene rings is 2. The first-order valence-corrected chi connectivity index (χ1v) is 12.5. The van der Waals surface area contributed by atoms with Crippen LogP contribution in [0.5, 0.6) is 5.75 Å². The van der Waals surface area contributed by atoms with E-state index < -0.39 is 12.0 Å². The predicted octanol–water partition coefficient (Wildman–Crippen LogP) is 5.60. The molecule has 35 heavy (non-hydrogen) atoms. The van der Waals surface area contributed by atoms with Gasteiger partial charge in [0.25, 0.3) is 0 Å². The van der Waals surface area contributed by atoms with E-state index in [-0.39, 0.29) is 44.2 Å². The molecule has 1 aliphatic rings. The van der Waals surface area contributed by atoms with Crippen LogP contribution in [0.2, 0.25) is 15.1 Å². The third-order valence-corrected chi connectivity index (χ3v) is 6.79. The van der Waals surface area contributed by atoms with Crippen LogP contribution in [0.3, 0.4) is 0 Å². The van der Waals surface area contributed by atoms with E-state index in [4.69, 9.17) is 39.5 Å². The third-order valence-electron chi connectivity index (χ3n) is 5.76. The Bertz CT molecular complexity index is 1080. The van der Waals surface area contributed by atoms with Crippen LogP contribution < -0.4 is 4.74 Å². The standard InChI is InChI=1S/C25H27Cl3N2O5/c1-2-9-29(21(14-25(33)34)17-4-5-18(26)19(27)13-17)15-16-3-6-22(20(28)12-16)35-11-10-30-23(31)7-8-24(30)32/h3-6,12-13,21H,2,7-11,14-15H2,1H3,(H,33,34). The number of ether oxygens (including phenoxy) is 1. The Labute approximate surface area is 219 Å². The van der Waals surface area contributed by atoms with Crippen LogP contribution >= 0.6 is 34.8 Å². The van der Waals surface area contributed by atoms with E-state index in [1.807, 2.05) is 13.0 Å². The molecule has 2 aromatic carbocycles. The average molecular weight is 542 g/mol. The SMILES string of the molecule is CCCN(Cc1ccc(OCCN2C(=O)CCC2=O)c(Cl)c1)C(CC(=O)O)c1ccc(Cl)c(Cl)c1. The Morgan fingerprint density at radius 1 is 1.06 bits per heavy atom. The van der Waals surface area contributed by atoms with E-state index in [9.17, 15) is 19.5 Å². The maximum atomic E-state index is 11.7. The number of nitrogens with zero attached hydrogens (tertiary/aromatic N) is 2. The molecule has 7 nitrogen and oxygen atoms in total. The Hall–Kier alpha value is -2.32. The maximum absolute atomic E-state index is 11.7. The van der Waals surface area contributed by atoms with Crippen molar-refractivity contribution in [3.63, 3.8) is 0 Å². The number of hydrogen-bond acceptors (Lipinski definition) is 5. The number of carbonyl (C=O) groups excluding carboxylic acids is 2. The number of imide groups is 1. The van der Waals surface area contributed by atoms with Crippen LogP contribution in [0.4, 0.5) is 0 Å². The van der Waals surface area contributed by atoms with Gasteiger partial charge in [0.15, 0.2) is 0 Å². The maximum Gasteiger partial charge on any atom is 0.305 e. The van der Waals surface area contributed by atoms with Gasteiger partial charge in [-0.1, -0.05) is 53.9 Å². The summed E-state index contributed by atoms with van der Waals surface area (Å²) in [6.07, 6.45) is 1.21. The minimum Gasteiger partial charge on any atom is -0.490 e. The monoisotopic (exact) mass is 540 g/mol. The first-order valence-electron chi connectivity index (χ1n) is 11.3. The first-order chi connectivity index (χ1) is 16.7. The molecule has 1 fully saturated rings. The number of amides is 2. The molecule has 0 aromatic heterocycles. The zero-order valence-electron chi connectivity index (χ0n) is 19.3. The topological polar surface area (TPSA) is 87.2 Å². The second-order valence-electron chi connectivity index (χ2n) is 8.31. The molecule has 1 atom stereocenters. The molecule has 188 valence electrons. The minimum absolute atomic E-state index is 0.0964. The van der Waals surface area contributed by atoms with Gasteiger partial charge in [0.05, 0.1) is 28.0 Å². The summed E-state index contributed by atoms with van der Waals surface area (Å²) in [7, 11) is 0. The lowest BCUT2D eigenvalue weighted by Gasteiger charge is -2.31. The summed E-state index contributed by atoms with van der Waals surface area (Å²) in [5.41, 5.74) is 1.66. The third kappa shape index (κ3) is 7.34. The molecular formula is C25H27Cl3N2O5. The van der Waals surface area contributed by atoms with E-state index in [1.54, 1.807) is 30.3 Å². The van der Waals surface area contributed by atoms with Gasteiger partial charge in [0.1, 0.15) is 12.4 Å². The van der Waals surface area contributed by atoms with E-state index in [1.165, 1.54) is 4.90 Å². The number of carboxylic acid groups (broad SMARTS) is 1. The second-order valence-corrected chi connectivity index (χ2v) is 9.53. The number of hydrogen-bond donors (Lipinski definition) is 1. The Morgan fingerprint density at radius 2 is 1.77 bits per heavy atom. The van der Waals surface area contributed by atoms with E-state index in [0.717, 1.165) is 17.5 Å². The van der Waals surface area contributed by atoms with Crippen LogP contribution in [0.15, 0.2) is 36.4 Å². The summed E-state index contributed by atoms with van der Waals surface area (Å²) in [5.74, 6) is -0.843. The highest BCUT2D eigenvalue weighted by molar-refractivity contribution is 6.42. The lowest BCUT2D eigenvalue weighted by molar-refractivity contribution is -0.140. The highest BCUT2D eigenvalue weighted by atomic mass is 35.5. The zero-order chi connectivity index (χ0) is 25.5. The molecule has 1 unspecified atom stereocenters. The van der Waals surface area contributed by atoms with Crippen molar-refractivity contribution in [3.05, 3.63) is 62.6 Å². The predicted molar refractivity (Wildman–Crippen MR) is 135 cm³/mol. The van der Waals surface area contributed by atoms with Crippen LogP contribution in [-0.4, -0.2) is 52.4 Å². The number of carboxylic acids is 1. The van der Waals surface area contributed by atoms with Crippen molar-refractivity contribution >= 4 is 52.6 Å². The summed E-state index contributed by atoms with van der Waals surface area (Å²) < 4.78 is 5.70. The fourth-order valence-electron chi connectivity index (χ4n) is 4.09. The first kappa shape index (κ1) is 27.3. The van der Waals surface area contributed by atoms with Crippen LogP contribution in [-0.2, 0) is 20.9 Å². The van der Waals surface area contributed by atoms with Crippen molar-refractivity contribution in [2.24, 2.45) is 0 Å². The van der Waals surface area contributed by atoms with Gasteiger partial charge in [0, 0.05) is 25.4 Å². The van der Waals surface area contributed by atoms with Crippen molar-refractivity contribution < 1.29 is 24.2 Å². The number of halogens is 3. The van der Waals surface area contributed by atoms with Gasteiger partial charge >= 0.3 is 5.97 Å². The molecule has 1 saturated heterocycles. The molecular weight excluding hydrogens is 515 g/mol. The molecule has 0 spiro atoms. The normalized spacial score (nSPS) is 14.6. The molecule has 2 aromatic rings. The highest BCUT2D eigenvalue weighted by Gasteiger charge is 2.28. The molecule has 0 aliphatic carbocycles. The van der Waals surface area contributed by atoms with E-state index in [0.29, 0.717) is 33.9 Å². The Balaban J connectivity index is 1.72. The lowest BCUT2D eigenvalue weighted by Crippen LogP contribution is -2.33. The fourth-order valence-corrected chi connectivity index (χ4v) is 4.65. The van der Waals surface area contributed by atoms with Crippen LogP contribution in [0, 0.1) is 0 Å². The van der Waals surface area contributed by atoms with Gasteiger partial charge in [-0.2, -0.15) is 0 Å². The summed E-state index contributed by atoms with van der Waals surface area (Å²) in [5, 5.41) is 10.7. The van der Waals surface area contributed by atoms with Gasteiger partial charge in [0.2, 0.25) is 11.8 Å². The molecule has 1 aliphatic heterocycles. The second kappa shape index (κ2) is 12.6.